The minimum absolute atomic E-state index is 0.00326. The number of esters is 1. The van der Waals surface area contributed by atoms with Gasteiger partial charge in [-0.05, 0) is 30.3 Å². The van der Waals surface area contributed by atoms with Crippen molar-refractivity contribution in [2.75, 3.05) is 32.1 Å². The zero-order valence-electron chi connectivity index (χ0n) is 16.5. The van der Waals surface area contributed by atoms with Gasteiger partial charge in [0.15, 0.2) is 6.61 Å². The van der Waals surface area contributed by atoms with Crippen molar-refractivity contribution in [1.82, 2.24) is 4.31 Å². The second-order valence-electron chi connectivity index (χ2n) is 5.97. The molecular weight excluding hydrogens is 396 g/mol. The van der Waals surface area contributed by atoms with Gasteiger partial charge in [-0.15, -0.1) is 0 Å². The van der Waals surface area contributed by atoms with Crippen molar-refractivity contribution in [3.05, 3.63) is 54.1 Å². The van der Waals surface area contributed by atoms with Crippen LogP contribution < -0.4 is 10.1 Å². The molecule has 8 nitrogen and oxygen atoms in total. The highest BCUT2D eigenvalue weighted by molar-refractivity contribution is 7.89. The molecule has 0 unspecified atom stereocenters. The third-order valence-electron chi connectivity index (χ3n) is 4.10. The SMILES string of the molecule is CCN(CC)S(=O)(=O)c1cccc(C(=O)OCC(=O)Nc2cccc(OC)c2)c1. The van der Waals surface area contributed by atoms with Crippen molar-refractivity contribution >= 4 is 27.6 Å². The summed E-state index contributed by atoms with van der Waals surface area (Å²) in [4.78, 5) is 24.3. The fourth-order valence-electron chi connectivity index (χ4n) is 2.61. The predicted octanol–water partition coefficient (Wildman–Crippen LogP) is 2.52. The van der Waals surface area contributed by atoms with E-state index in [0.717, 1.165) is 0 Å². The zero-order valence-corrected chi connectivity index (χ0v) is 17.4. The molecule has 29 heavy (non-hydrogen) atoms. The predicted molar refractivity (Wildman–Crippen MR) is 108 cm³/mol. The van der Waals surface area contributed by atoms with E-state index in [2.05, 4.69) is 5.32 Å². The summed E-state index contributed by atoms with van der Waals surface area (Å²) in [6, 6.07) is 12.3. The third kappa shape index (κ3) is 5.78. The summed E-state index contributed by atoms with van der Waals surface area (Å²) in [5.74, 6) is -0.744. The molecule has 1 N–H and O–H groups in total. The number of sulfonamides is 1. The van der Waals surface area contributed by atoms with Gasteiger partial charge in [0.2, 0.25) is 10.0 Å². The molecule has 0 aliphatic rings. The number of benzene rings is 2. The summed E-state index contributed by atoms with van der Waals surface area (Å²) in [5, 5.41) is 2.59. The largest absolute Gasteiger partial charge is 0.497 e. The number of anilines is 1. The average molecular weight is 420 g/mol. The molecule has 0 atom stereocenters. The summed E-state index contributed by atoms with van der Waals surface area (Å²) >= 11 is 0. The number of methoxy groups -OCH3 is 1. The van der Waals surface area contributed by atoms with E-state index in [1.165, 1.54) is 35.7 Å². The van der Waals surface area contributed by atoms with Crippen molar-refractivity contribution < 1.29 is 27.5 Å². The molecule has 0 saturated carbocycles. The van der Waals surface area contributed by atoms with Crippen molar-refractivity contribution in [3.63, 3.8) is 0 Å². The van der Waals surface area contributed by atoms with Crippen LogP contribution in [0.3, 0.4) is 0 Å². The fourth-order valence-corrected chi connectivity index (χ4v) is 4.11. The van der Waals surface area contributed by atoms with Gasteiger partial charge in [-0.2, -0.15) is 4.31 Å². The van der Waals surface area contributed by atoms with Gasteiger partial charge in [-0.1, -0.05) is 26.0 Å². The van der Waals surface area contributed by atoms with Crippen LogP contribution in [0.25, 0.3) is 0 Å². The first-order valence-corrected chi connectivity index (χ1v) is 10.5. The molecule has 2 aromatic carbocycles. The van der Waals surface area contributed by atoms with Gasteiger partial charge < -0.3 is 14.8 Å². The van der Waals surface area contributed by atoms with Gasteiger partial charge >= 0.3 is 5.97 Å². The number of nitrogens with one attached hydrogen (secondary N) is 1. The molecule has 0 bridgehead atoms. The van der Waals surface area contributed by atoms with E-state index < -0.39 is 28.5 Å². The van der Waals surface area contributed by atoms with Crippen molar-refractivity contribution in [3.8, 4) is 5.75 Å². The van der Waals surface area contributed by atoms with Crippen molar-refractivity contribution in [2.24, 2.45) is 0 Å². The minimum atomic E-state index is -3.70. The lowest BCUT2D eigenvalue weighted by Gasteiger charge is -2.18. The number of ether oxygens (including phenoxy) is 2. The number of carbonyl (C=O) groups excluding carboxylic acids is 2. The summed E-state index contributed by atoms with van der Waals surface area (Å²) in [5.41, 5.74) is 0.546. The topological polar surface area (TPSA) is 102 Å². The average Bonchev–Trinajstić information content (AvgIpc) is 2.73. The molecule has 0 aliphatic heterocycles. The Morgan fingerprint density at radius 2 is 1.72 bits per heavy atom. The van der Waals surface area contributed by atoms with E-state index in [1.807, 2.05) is 0 Å². The molecule has 156 valence electrons. The maximum absolute atomic E-state index is 12.6. The van der Waals surface area contributed by atoms with Crippen LogP contribution in [0.2, 0.25) is 0 Å². The molecule has 1 amide bonds. The van der Waals surface area contributed by atoms with Crippen LogP contribution in [0, 0.1) is 0 Å². The molecule has 0 aromatic heterocycles. The second-order valence-corrected chi connectivity index (χ2v) is 7.91. The number of rotatable bonds is 9. The lowest BCUT2D eigenvalue weighted by Crippen LogP contribution is -2.30. The first-order chi connectivity index (χ1) is 13.8. The highest BCUT2D eigenvalue weighted by atomic mass is 32.2. The van der Waals surface area contributed by atoms with Crippen LogP contribution in [0.15, 0.2) is 53.4 Å². The van der Waals surface area contributed by atoms with Gasteiger partial charge in [0.1, 0.15) is 5.75 Å². The normalized spacial score (nSPS) is 11.2. The second kappa shape index (κ2) is 10.0. The van der Waals surface area contributed by atoms with E-state index in [1.54, 1.807) is 38.1 Å². The smallest absolute Gasteiger partial charge is 0.338 e. The summed E-state index contributed by atoms with van der Waals surface area (Å²) in [7, 11) is -2.19. The molecule has 0 spiro atoms. The van der Waals surface area contributed by atoms with Crippen LogP contribution in [0.1, 0.15) is 24.2 Å². The Bertz CT molecular complexity index is 970. The van der Waals surface area contributed by atoms with Gasteiger partial charge in [0.25, 0.3) is 5.91 Å². The number of hydrogen-bond donors (Lipinski definition) is 1. The van der Waals surface area contributed by atoms with Gasteiger partial charge in [0, 0.05) is 24.8 Å². The first kappa shape index (κ1) is 22.4. The number of carbonyl (C=O) groups is 2. The Morgan fingerprint density at radius 3 is 2.38 bits per heavy atom. The molecule has 0 aliphatic carbocycles. The Balaban J connectivity index is 2.03. The van der Waals surface area contributed by atoms with E-state index in [4.69, 9.17) is 9.47 Å². The highest BCUT2D eigenvalue weighted by Crippen LogP contribution is 2.18. The van der Waals surface area contributed by atoms with Crippen molar-refractivity contribution in [2.45, 2.75) is 18.7 Å². The molecule has 0 fully saturated rings. The van der Waals surface area contributed by atoms with Crippen LogP contribution in [-0.2, 0) is 19.6 Å². The molecule has 0 radical (unpaired) electrons. The molecule has 2 aromatic rings. The monoisotopic (exact) mass is 420 g/mol. The van der Waals surface area contributed by atoms with Gasteiger partial charge in [0.05, 0.1) is 17.6 Å². The Labute approximate surface area is 170 Å². The molecule has 9 heteroatoms. The maximum Gasteiger partial charge on any atom is 0.338 e. The van der Waals surface area contributed by atoms with Crippen LogP contribution in [-0.4, -0.2) is 51.4 Å². The van der Waals surface area contributed by atoms with E-state index >= 15 is 0 Å². The maximum atomic E-state index is 12.6. The molecule has 0 saturated heterocycles. The zero-order chi connectivity index (χ0) is 21.4. The molecular formula is C20H24N2O6S. The Kier molecular flexibility index (Phi) is 7.74. The van der Waals surface area contributed by atoms with E-state index in [-0.39, 0.29) is 10.5 Å². The highest BCUT2D eigenvalue weighted by Gasteiger charge is 2.23. The quantitative estimate of drug-likeness (QED) is 0.626. The van der Waals surface area contributed by atoms with E-state index in [9.17, 15) is 18.0 Å². The summed E-state index contributed by atoms with van der Waals surface area (Å²) in [6.07, 6.45) is 0. The summed E-state index contributed by atoms with van der Waals surface area (Å²) < 4.78 is 36.6. The van der Waals surface area contributed by atoms with E-state index in [0.29, 0.717) is 24.5 Å². The fraction of sp³-hybridized carbons (Fsp3) is 0.300. The van der Waals surface area contributed by atoms with Crippen molar-refractivity contribution in [1.29, 1.82) is 0 Å². The lowest BCUT2D eigenvalue weighted by atomic mass is 10.2. The van der Waals surface area contributed by atoms with Gasteiger partial charge in [-0.25, -0.2) is 13.2 Å². The van der Waals surface area contributed by atoms with Gasteiger partial charge in [-0.3, -0.25) is 4.79 Å². The standard InChI is InChI=1S/C20H24N2O6S/c1-4-22(5-2)29(25,26)18-11-6-8-15(12-18)20(24)28-14-19(23)21-16-9-7-10-17(13-16)27-3/h6-13H,4-5,14H2,1-3H3,(H,21,23). The third-order valence-corrected chi connectivity index (χ3v) is 6.15. The van der Waals surface area contributed by atoms with Crippen LogP contribution >= 0.6 is 0 Å². The van der Waals surface area contributed by atoms with Crippen LogP contribution in [0.5, 0.6) is 5.75 Å². The lowest BCUT2D eigenvalue weighted by molar-refractivity contribution is -0.119. The number of nitrogens with zero attached hydrogens (tertiary/aromatic N) is 1. The Hall–Kier alpha value is -2.91. The minimum Gasteiger partial charge on any atom is -0.497 e. The number of hydrogen-bond acceptors (Lipinski definition) is 6. The molecule has 2 rings (SSSR count). The summed E-state index contributed by atoms with van der Waals surface area (Å²) in [6.45, 7) is 3.60. The number of amides is 1. The Morgan fingerprint density at radius 1 is 1.03 bits per heavy atom. The first-order valence-electron chi connectivity index (χ1n) is 9.03. The molecule has 0 heterocycles. The van der Waals surface area contributed by atoms with Crippen LogP contribution in [0.4, 0.5) is 5.69 Å².